The van der Waals surface area contributed by atoms with Crippen molar-refractivity contribution in [1.29, 1.82) is 0 Å². The number of nitrogens with zero attached hydrogens (tertiary/aromatic N) is 3. The van der Waals surface area contributed by atoms with Crippen LogP contribution >= 0.6 is 0 Å². The smallest absolute Gasteiger partial charge is 0.289 e. The summed E-state index contributed by atoms with van der Waals surface area (Å²) in [4.78, 5) is 27.4. The molecule has 33 heavy (non-hydrogen) atoms. The Morgan fingerprint density at radius 1 is 1.18 bits per heavy atom. The molecule has 0 spiro atoms. The molecule has 1 N–H and O–H groups in total. The summed E-state index contributed by atoms with van der Waals surface area (Å²) in [6, 6.07) is 7.61. The van der Waals surface area contributed by atoms with Gasteiger partial charge < -0.3 is 19.4 Å². The number of carbonyl (C=O) groups excluding carboxylic acids is 2. The summed E-state index contributed by atoms with van der Waals surface area (Å²) in [5.41, 5.74) is 4.56. The number of nitrogens with one attached hydrogen (secondary N) is 1. The molecule has 1 aliphatic carbocycles. The van der Waals surface area contributed by atoms with Crippen molar-refractivity contribution >= 4 is 11.8 Å². The highest BCUT2D eigenvalue weighted by atomic mass is 16.5. The Bertz CT molecular complexity index is 1200. The maximum Gasteiger partial charge on any atom is 0.289 e. The molecule has 0 atom stereocenters. The van der Waals surface area contributed by atoms with Crippen molar-refractivity contribution in [3.63, 3.8) is 0 Å². The standard InChI is InChI=1S/C25H28N4O4/c1-16-22-20(33-24(16)25(31)28-11-5-6-12-28)10-9-18-14-29(27-23(18)22)15-21(30)26-13-17-7-3-4-8-19(17)32-2/h3-4,7-8,14H,5-6,9-13,15H2,1-2H3,(H,26,30). The summed E-state index contributed by atoms with van der Waals surface area (Å²) < 4.78 is 13.1. The van der Waals surface area contributed by atoms with E-state index in [-0.39, 0.29) is 18.4 Å². The summed E-state index contributed by atoms with van der Waals surface area (Å²) >= 11 is 0. The first-order valence-electron chi connectivity index (χ1n) is 11.4. The van der Waals surface area contributed by atoms with Crippen molar-refractivity contribution in [2.24, 2.45) is 0 Å². The second-order valence-electron chi connectivity index (χ2n) is 8.64. The van der Waals surface area contributed by atoms with Crippen LogP contribution in [-0.4, -0.2) is 46.7 Å². The average molecular weight is 449 g/mol. The molecule has 2 aromatic heterocycles. The SMILES string of the molecule is COc1ccccc1CNC(=O)Cn1cc2c(n1)-c1c(oc(C(=O)N3CCCC3)c1C)CC2. The lowest BCUT2D eigenvalue weighted by molar-refractivity contribution is -0.122. The molecule has 1 aromatic carbocycles. The minimum absolute atomic E-state index is 0.0314. The first-order chi connectivity index (χ1) is 16.0. The number of aryl methyl sites for hydroxylation is 2. The lowest BCUT2D eigenvalue weighted by Gasteiger charge is -2.13. The van der Waals surface area contributed by atoms with E-state index in [1.54, 1.807) is 11.8 Å². The summed E-state index contributed by atoms with van der Waals surface area (Å²) in [7, 11) is 1.62. The molecule has 8 nitrogen and oxygen atoms in total. The number of furan rings is 1. The van der Waals surface area contributed by atoms with Gasteiger partial charge in [0.05, 0.1) is 12.8 Å². The van der Waals surface area contributed by atoms with E-state index in [4.69, 9.17) is 14.3 Å². The Morgan fingerprint density at radius 3 is 2.76 bits per heavy atom. The van der Waals surface area contributed by atoms with Gasteiger partial charge in [-0.3, -0.25) is 14.3 Å². The second-order valence-corrected chi connectivity index (χ2v) is 8.64. The highest BCUT2D eigenvalue weighted by Crippen LogP contribution is 2.38. The van der Waals surface area contributed by atoms with Gasteiger partial charge in [-0.15, -0.1) is 0 Å². The van der Waals surface area contributed by atoms with Gasteiger partial charge in [-0.25, -0.2) is 0 Å². The predicted molar refractivity (Wildman–Crippen MR) is 122 cm³/mol. The van der Waals surface area contributed by atoms with Crippen LogP contribution in [0.2, 0.25) is 0 Å². The fourth-order valence-corrected chi connectivity index (χ4v) is 4.76. The number of rotatable bonds is 6. The quantitative estimate of drug-likeness (QED) is 0.626. The van der Waals surface area contributed by atoms with Crippen LogP contribution in [0.5, 0.6) is 5.75 Å². The molecule has 1 fully saturated rings. The Hall–Kier alpha value is -3.55. The molecule has 8 heteroatoms. The predicted octanol–water partition coefficient (Wildman–Crippen LogP) is 3.11. The van der Waals surface area contributed by atoms with Crippen molar-refractivity contribution < 1.29 is 18.7 Å². The fourth-order valence-electron chi connectivity index (χ4n) is 4.76. The number of methoxy groups -OCH3 is 1. The lowest BCUT2D eigenvalue weighted by Crippen LogP contribution is -2.27. The summed E-state index contributed by atoms with van der Waals surface area (Å²) in [5, 5.41) is 7.63. The first kappa shape index (κ1) is 21.3. The molecule has 1 aliphatic heterocycles. The van der Waals surface area contributed by atoms with Gasteiger partial charge in [0, 0.05) is 48.9 Å². The molecule has 0 unspecified atom stereocenters. The molecule has 2 aliphatic rings. The summed E-state index contributed by atoms with van der Waals surface area (Å²) in [6.07, 6.45) is 5.50. The van der Waals surface area contributed by atoms with E-state index >= 15 is 0 Å². The molecule has 0 radical (unpaired) electrons. The Kier molecular flexibility index (Phi) is 5.66. The number of aromatic nitrogens is 2. The number of amides is 2. The topological polar surface area (TPSA) is 89.6 Å². The van der Waals surface area contributed by atoms with E-state index in [1.165, 1.54) is 0 Å². The number of likely N-dealkylation sites (tertiary alicyclic amines) is 1. The van der Waals surface area contributed by atoms with Gasteiger partial charge >= 0.3 is 0 Å². The first-order valence-corrected chi connectivity index (χ1v) is 11.4. The fraction of sp³-hybridized carbons (Fsp3) is 0.400. The molecule has 2 amide bonds. The van der Waals surface area contributed by atoms with Crippen LogP contribution in [0.4, 0.5) is 0 Å². The average Bonchev–Trinajstić information content (AvgIpc) is 3.56. The van der Waals surface area contributed by atoms with Crippen molar-refractivity contribution in [2.45, 2.75) is 45.7 Å². The van der Waals surface area contributed by atoms with Crippen molar-refractivity contribution in [3.05, 3.63) is 58.7 Å². The van der Waals surface area contributed by atoms with E-state index in [0.717, 1.165) is 78.2 Å². The lowest BCUT2D eigenvalue weighted by atomic mass is 9.93. The number of para-hydroxylation sites is 1. The van der Waals surface area contributed by atoms with Crippen LogP contribution in [0, 0.1) is 6.92 Å². The van der Waals surface area contributed by atoms with E-state index < -0.39 is 0 Å². The number of carbonyl (C=O) groups is 2. The molecule has 1 saturated heterocycles. The van der Waals surface area contributed by atoms with E-state index in [1.807, 2.05) is 42.3 Å². The van der Waals surface area contributed by atoms with Gasteiger partial charge in [-0.1, -0.05) is 18.2 Å². The Balaban J connectivity index is 1.31. The van der Waals surface area contributed by atoms with Crippen LogP contribution in [0.25, 0.3) is 11.3 Å². The molecule has 0 saturated carbocycles. The number of hydrogen-bond acceptors (Lipinski definition) is 5. The Morgan fingerprint density at radius 2 is 1.97 bits per heavy atom. The second kappa shape index (κ2) is 8.77. The highest BCUT2D eigenvalue weighted by molar-refractivity contribution is 5.95. The number of ether oxygens (including phenoxy) is 1. The van der Waals surface area contributed by atoms with Gasteiger partial charge in [0.25, 0.3) is 5.91 Å². The van der Waals surface area contributed by atoms with Crippen LogP contribution in [0.1, 0.15) is 45.8 Å². The molecule has 5 rings (SSSR count). The monoisotopic (exact) mass is 448 g/mol. The minimum Gasteiger partial charge on any atom is -0.496 e. The highest BCUT2D eigenvalue weighted by Gasteiger charge is 2.32. The van der Waals surface area contributed by atoms with Crippen molar-refractivity contribution in [3.8, 4) is 17.0 Å². The maximum absolute atomic E-state index is 12.9. The van der Waals surface area contributed by atoms with Crippen molar-refractivity contribution in [2.75, 3.05) is 20.2 Å². The van der Waals surface area contributed by atoms with Crippen molar-refractivity contribution in [1.82, 2.24) is 20.0 Å². The Labute approximate surface area is 192 Å². The number of benzene rings is 1. The normalized spacial score (nSPS) is 14.7. The zero-order valence-electron chi connectivity index (χ0n) is 19.0. The van der Waals surface area contributed by atoms with Gasteiger partial charge in [0.1, 0.15) is 18.1 Å². The van der Waals surface area contributed by atoms with E-state index in [0.29, 0.717) is 12.3 Å². The summed E-state index contributed by atoms with van der Waals surface area (Å²) in [5.74, 6) is 1.83. The molecule has 3 heterocycles. The van der Waals surface area contributed by atoms with Crippen LogP contribution < -0.4 is 10.1 Å². The number of fused-ring (bicyclic) bond motifs is 3. The third kappa shape index (κ3) is 4.01. The van der Waals surface area contributed by atoms with Crippen LogP contribution in [0.15, 0.2) is 34.9 Å². The zero-order valence-corrected chi connectivity index (χ0v) is 19.0. The van der Waals surface area contributed by atoms with E-state index in [2.05, 4.69) is 5.32 Å². The maximum atomic E-state index is 12.9. The zero-order chi connectivity index (χ0) is 22.9. The van der Waals surface area contributed by atoms with Gasteiger partial charge in [-0.05, 0) is 37.8 Å². The third-order valence-corrected chi connectivity index (χ3v) is 6.48. The van der Waals surface area contributed by atoms with Crippen LogP contribution in [0.3, 0.4) is 0 Å². The van der Waals surface area contributed by atoms with Crippen LogP contribution in [-0.2, 0) is 30.7 Å². The molecular formula is C25H28N4O4. The third-order valence-electron chi connectivity index (χ3n) is 6.48. The molecule has 0 bridgehead atoms. The molecular weight excluding hydrogens is 420 g/mol. The number of hydrogen-bond donors (Lipinski definition) is 1. The summed E-state index contributed by atoms with van der Waals surface area (Å²) in [6.45, 7) is 4.01. The van der Waals surface area contributed by atoms with Gasteiger partial charge in [0.2, 0.25) is 5.91 Å². The largest absolute Gasteiger partial charge is 0.496 e. The molecule has 3 aromatic rings. The molecule has 172 valence electrons. The van der Waals surface area contributed by atoms with Gasteiger partial charge in [0.15, 0.2) is 5.76 Å². The van der Waals surface area contributed by atoms with Gasteiger partial charge in [-0.2, -0.15) is 5.10 Å². The van der Waals surface area contributed by atoms with E-state index in [9.17, 15) is 9.59 Å². The minimum atomic E-state index is -0.130.